The molecule has 1 aliphatic carbocycles. The van der Waals surface area contributed by atoms with Gasteiger partial charge in [0, 0.05) is 54.0 Å². The molecule has 7 rings (SSSR count). The highest BCUT2D eigenvalue weighted by Gasteiger charge is 2.62. The van der Waals surface area contributed by atoms with Gasteiger partial charge in [-0.3, -0.25) is 19.0 Å². The zero-order valence-corrected chi connectivity index (χ0v) is 38.9. The summed E-state index contributed by atoms with van der Waals surface area (Å²) in [5.41, 5.74) is 1.38. The van der Waals surface area contributed by atoms with Gasteiger partial charge in [0.15, 0.2) is 0 Å². The van der Waals surface area contributed by atoms with Crippen molar-refractivity contribution in [3.05, 3.63) is 65.0 Å². The predicted molar refractivity (Wildman–Crippen MR) is 241 cm³/mol. The Morgan fingerprint density at radius 1 is 1.05 bits per heavy atom. The molecule has 5 atom stereocenters. The molecular weight excluding hydrogens is 868 g/mol. The average Bonchev–Trinajstić information content (AvgIpc) is 3.55. The highest BCUT2D eigenvalue weighted by atomic mass is 35.5. The number of rotatable bonds is 9. The van der Waals surface area contributed by atoms with Gasteiger partial charge in [-0.05, 0) is 78.5 Å². The van der Waals surface area contributed by atoms with Crippen LogP contribution < -0.4 is 20.1 Å². The molecule has 2 aromatic heterocycles. The minimum Gasteiger partial charge on any atom is -0.459 e. The number of carbonyl (C=O) groups excluding carboxylic acids is 4. The van der Waals surface area contributed by atoms with Crippen molar-refractivity contribution >= 4 is 68.0 Å². The summed E-state index contributed by atoms with van der Waals surface area (Å²) in [6, 6.07) is 11.3. The molecule has 0 spiro atoms. The van der Waals surface area contributed by atoms with E-state index in [1.54, 1.807) is 20.8 Å². The maximum absolute atomic E-state index is 14.7. The number of halogens is 1. The number of alkyl carbamates (subject to hydrolysis) is 1. The molecule has 2 fully saturated rings. The van der Waals surface area contributed by atoms with E-state index in [9.17, 15) is 27.6 Å². The average molecular weight is 924 g/mol. The lowest BCUT2D eigenvalue weighted by Gasteiger charge is -2.30. The molecule has 0 bridgehead atoms. The van der Waals surface area contributed by atoms with Crippen molar-refractivity contribution in [3.63, 3.8) is 0 Å². The summed E-state index contributed by atoms with van der Waals surface area (Å²) < 4.78 is 42.9. The van der Waals surface area contributed by atoms with Crippen LogP contribution in [0.1, 0.15) is 85.6 Å². The summed E-state index contributed by atoms with van der Waals surface area (Å²) in [4.78, 5) is 67.7. The van der Waals surface area contributed by atoms with Crippen LogP contribution in [0.3, 0.4) is 0 Å². The monoisotopic (exact) mass is 922 g/mol. The van der Waals surface area contributed by atoms with Crippen molar-refractivity contribution in [2.75, 3.05) is 20.6 Å². The van der Waals surface area contributed by atoms with Crippen LogP contribution in [0.15, 0.2) is 60.0 Å². The SMILES string of the molecule is CC(C)n1c(O[C@@H]2C[C@H]3C(=O)N[C@]4(C(=O)NS(=O)(=O)N(C)C)C[C@H]4C=CCCCCC[C@H](NC(=O)OC(C)(C)C)C(=O)N3C2)nc2c(-c3nc(-c4ccccc4Cl)cs3)cccc21. The van der Waals surface area contributed by atoms with Crippen LogP contribution in [0.4, 0.5) is 4.79 Å². The normalized spacial score (nSPS) is 23.4. The lowest BCUT2D eigenvalue weighted by Crippen LogP contribution is -2.58. The molecule has 2 aliphatic heterocycles. The Kier molecular flexibility index (Phi) is 13.3. The van der Waals surface area contributed by atoms with Crippen molar-refractivity contribution in [2.24, 2.45) is 5.92 Å². The summed E-state index contributed by atoms with van der Waals surface area (Å²) in [5, 5.41) is 8.92. The molecule has 0 unspecified atom stereocenters. The molecule has 19 heteroatoms. The van der Waals surface area contributed by atoms with Gasteiger partial charge >= 0.3 is 16.3 Å². The standard InChI is InChI=1S/C44H55ClN8O8S2/c1-26(2)53-34-21-15-18-30(38-46-33(25-62-38)29-17-13-14-19-31(29)45)36(34)48-41(53)60-28-22-35-37(54)49-44(40(56)50-63(58,59)51(6)7)23-27(44)16-11-9-8-10-12-20-32(39(55)52(35)24-28)47-42(57)61-43(3,4)5/h11,13-19,21,25-28,32,35H,8-10,12,20,22-24H2,1-7H3,(H,47,57)(H,49,54)(H,50,56)/t27-,28-,32+,35+,44-/m1/s1. The molecule has 0 radical (unpaired) electrons. The number of para-hydroxylation sites is 1. The Hall–Kier alpha value is -5.04. The van der Waals surface area contributed by atoms with Crippen molar-refractivity contribution in [2.45, 2.75) is 115 Å². The zero-order chi connectivity index (χ0) is 45.4. The largest absolute Gasteiger partial charge is 0.459 e. The highest BCUT2D eigenvalue weighted by molar-refractivity contribution is 7.87. The van der Waals surface area contributed by atoms with E-state index in [0.717, 1.165) is 44.5 Å². The Morgan fingerprint density at radius 2 is 1.79 bits per heavy atom. The lowest BCUT2D eigenvalue weighted by atomic mass is 10.0. The minimum absolute atomic E-state index is 0.00671. The van der Waals surface area contributed by atoms with Gasteiger partial charge in [-0.1, -0.05) is 60.9 Å². The van der Waals surface area contributed by atoms with Crippen LogP contribution >= 0.6 is 22.9 Å². The molecule has 2 aromatic carbocycles. The highest BCUT2D eigenvalue weighted by Crippen LogP contribution is 2.46. The lowest BCUT2D eigenvalue weighted by molar-refractivity contribution is -0.141. The van der Waals surface area contributed by atoms with Crippen LogP contribution in [-0.4, -0.2) is 106 Å². The second-order valence-electron chi connectivity index (χ2n) is 17.8. The van der Waals surface area contributed by atoms with E-state index >= 15 is 0 Å². The summed E-state index contributed by atoms with van der Waals surface area (Å²) >= 11 is 7.98. The Bertz CT molecular complexity index is 2530. The number of hydrogen-bond donors (Lipinski definition) is 3. The van der Waals surface area contributed by atoms with Crippen LogP contribution in [0.2, 0.25) is 5.02 Å². The van der Waals surface area contributed by atoms with Gasteiger partial charge in [0.2, 0.25) is 11.8 Å². The fraction of sp³-hybridized carbons (Fsp3) is 0.500. The first-order valence-electron chi connectivity index (χ1n) is 21.2. The molecule has 63 heavy (non-hydrogen) atoms. The van der Waals surface area contributed by atoms with Crippen LogP contribution in [-0.2, 0) is 29.3 Å². The summed E-state index contributed by atoms with van der Waals surface area (Å²) in [7, 11) is -1.61. The first-order valence-corrected chi connectivity index (χ1v) is 23.9. The molecule has 3 N–H and O–H groups in total. The number of amides is 4. The fourth-order valence-corrected chi connectivity index (χ4v) is 9.78. The van der Waals surface area contributed by atoms with Crippen LogP contribution in [0.25, 0.3) is 32.9 Å². The van der Waals surface area contributed by atoms with Gasteiger partial charge in [0.1, 0.15) is 39.9 Å². The van der Waals surface area contributed by atoms with E-state index in [1.165, 1.54) is 30.3 Å². The molecule has 16 nitrogen and oxygen atoms in total. The number of hydrogen-bond acceptors (Lipinski definition) is 11. The smallest absolute Gasteiger partial charge is 0.408 e. The number of nitrogens with zero attached hydrogens (tertiary/aromatic N) is 5. The van der Waals surface area contributed by atoms with Crippen molar-refractivity contribution < 1.29 is 37.1 Å². The molecule has 3 aliphatic rings. The first kappa shape index (κ1) is 46.0. The molecule has 338 valence electrons. The summed E-state index contributed by atoms with van der Waals surface area (Å²) in [6.07, 6.45) is 5.47. The van der Waals surface area contributed by atoms with Crippen molar-refractivity contribution in [1.82, 2.24) is 39.1 Å². The number of ether oxygens (including phenoxy) is 2. The van der Waals surface area contributed by atoms with E-state index in [2.05, 4.69) is 15.4 Å². The maximum Gasteiger partial charge on any atom is 0.408 e. The van der Waals surface area contributed by atoms with Gasteiger partial charge < -0.3 is 25.0 Å². The Morgan fingerprint density at radius 3 is 2.51 bits per heavy atom. The molecule has 1 saturated heterocycles. The second kappa shape index (κ2) is 18.2. The third-order valence-electron chi connectivity index (χ3n) is 11.4. The second-order valence-corrected chi connectivity index (χ2v) is 20.9. The number of imidazole rings is 1. The molecule has 4 heterocycles. The molecule has 4 amide bonds. The number of aromatic nitrogens is 3. The number of nitrogens with one attached hydrogen (secondary N) is 3. The maximum atomic E-state index is 14.7. The summed E-state index contributed by atoms with van der Waals surface area (Å²) in [6.45, 7) is 9.13. The van der Waals surface area contributed by atoms with Gasteiger partial charge in [0.05, 0.1) is 17.8 Å². The number of carbonyl (C=O) groups is 4. The first-order chi connectivity index (χ1) is 29.8. The predicted octanol–water partition coefficient (Wildman–Crippen LogP) is 6.62. The van der Waals surface area contributed by atoms with Gasteiger partial charge in [-0.25, -0.2) is 14.5 Å². The zero-order valence-electron chi connectivity index (χ0n) is 36.5. The third kappa shape index (κ3) is 10.0. The van der Waals surface area contributed by atoms with E-state index in [-0.39, 0.29) is 37.9 Å². The fourth-order valence-electron chi connectivity index (χ4n) is 8.10. The molecular formula is C44H55ClN8O8S2. The number of thiazole rings is 1. The molecule has 4 aromatic rings. The van der Waals surface area contributed by atoms with Gasteiger partial charge in [-0.2, -0.15) is 17.7 Å². The molecule has 1 saturated carbocycles. The van der Waals surface area contributed by atoms with E-state index in [4.69, 9.17) is 31.0 Å². The third-order valence-corrected chi connectivity index (χ3v) is 14.0. The van der Waals surface area contributed by atoms with Crippen molar-refractivity contribution in [1.29, 1.82) is 0 Å². The van der Waals surface area contributed by atoms with Crippen molar-refractivity contribution in [3.8, 4) is 27.8 Å². The Labute approximate surface area is 376 Å². The number of fused-ring (bicyclic) bond motifs is 3. The van der Waals surface area contributed by atoms with Gasteiger partial charge in [-0.15, -0.1) is 11.3 Å². The Balaban J connectivity index is 1.23. The van der Waals surface area contributed by atoms with E-state index in [1.807, 2.05) is 78.4 Å². The number of allylic oxidation sites excluding steroid dienone is 1. The summed E-state index contributed by atoms with van der Waals surface area (Å²) in [5.74, 6) is -2.54. The van der Waals surface area contributed by atoms with Crippen LogP contribution in [0.5, 0.6) is 6.01 Å². The minimum atomic E-state index is -4.20. The van der Waals surface area contributed by atoms with Crippen LogP contribution in [0, 0.1) is 5.92 Å². The quantitative estimate of drug-likeness (QED) is 0.154. The van der Waals surface area contributed by atoms with E-state index < -0.39 is 69.3 Å². The number of benzene rings is 2. The van der Waals surface area contributed by atoms with Gasteiger partial charge in [0.25, 0.3) is 11.9 Å². The van der Waals surface area contributed by atoms with E-state index in [0.29, 0.717) is 23.4 Å². The topological polar surface area (TPSA) is 194 Å².